The molecule has 18 heavy (non-hydrogen) atoms. The molecule has 1 aliphatic heterocycles. The van der Waals surface area contributed by atoms with E-state index in [0.29, 0.717) is 10.8 Å². The minimum absolute atomic E-state index is 0.104. The Kier molecular flexibility index (Phi) is 5.04. The van der Waals surface area contributed by atoms with E-state index in [1.165, 1.54) is 0 Å². The van der Waals surface area contributed by atoms with Crippen molar-refractivity contribution in [2.45, 2.75) is 23.0 Å². The molecule has 0 radical (unpaired) electrons. The Morgan fingerprint density at radius 3 is 2.67 bits per heavy atom. The monoisotopic (exact) mass is 345 g/mol. The Morgan fingerprint density at radius 2 is 2.11 bits per heavy atom. The van der Waals surface area contributed by atoms with Crippen LogP contribution in [0, 0.1) is 0 Å². The average Bonchev–Trinajstić information content (AvgIpc) is 2.38. The molecule has 0 saturated carbocycles. The van der Waals surface area contributed by atoms with Crippen LogP contribution in [0.25, 0.3) is 0 Å². The molecule has 1 aromatic carbocycles. The molecule has 1 heterocycles. The van der Waals surface area contributed by atoms with Gasteiger partial charge >= 0.3 is 0 Å². The van der Waals surface area contributed by atoms with Gasteiger partial charge < -0.3 is 4.90 Å². The van der Waals surface area contributed by atoms with Crippen LogP contribution >= 0.6 is 40.3 Å². The minimum Gasteiger partial charge on any atom is -0.339 e. The Labute approximate surface area is 126 Å². The lowest BCUT2D eigenvalue weighted by atomic mass is 10.1. The van der Waals surface area contributed by atoms with Gasteiger partial charge in [-0.1, -0.05) is 15.9 Å². The van der Waals surface area contributed by atoms with Crippen molar-refractivity contribution in [2.24, 2.45) is 0 Å². The van der Waals surface area contributed by atoms with Gasteiger partial charge in [-0.25, -0.2) is 0 Å². The number of thioether (sulfide) groups is 1. The third-order valence-electron chi connectivity index (χ3n) is 3.25. The summed E-state index contributed by atoms with van der Waals surface area (Å²) in [7, 11) is 0. The number of thiol groups is 1. The highest BCUT2D eigenvalue weighted by Crippen LogP contribution is 2.25. The van der Waals surface area contributed by atoms with Gasteiger partial charge in [-0.05, 0) is 37.3 Å². The smallest absolute Gasteiger partial charge is 0.254 e. The van der Waals surface area contributed by atoms with Gasteiger partial charge in [0, 0.05) is 27.7 Å². The van der Waals surface area contributed by atoms with Crippen LogP contribution in [0.4, 0.5) is 0 Å². The molecule has 0 aliphatic carbocycles. The van der Waals surface area contributed by atoms with Gasteiger partial charge in [-0.3, -0.25) is 4.79 Å². The van der Waals surface area contributed by atoms with E-state index in [2.05, 4.69) is 34.8 Å². The lowest BCUT2D eigenvalue weighted by Gasteiger charge is -2.31. The van der Waals surface area contributed by atoms with E-state index >= 15 is 0 Å². The maximum atomic E-state index is 12.4. The molecular weight excluding hydrogens is 330 g/mol. The molecule has 1 amide bonds. The first-order valence-corrected chi connectivity index (χ1v) is 8.45. The second-order valence-electron chi connectivity index (χ2n) is 4.39. The second-order valence-corrected chi connectivity index (χ2v) is 6.92. The van der Waals surface area contributed by atoms with E-state index in [4.69, 9.17) is 0 Å². The van der Waals surface area contributed by atoms with Gasteiger partial charge in [0.25, 0.3) is 5.91 Å². The third kappa shape index (κ3) is 3.25. The summed E-state index contributed by atoms with van der Waals surface area (Å²) in [5, 5.41) is 0.703. The molecule has 0 N–H and O–H groups in total. The van der Waals surface area contributed by atoms with Gasteiger partial charge in [-0.2, -0.15) is 11.8 Å². The average molecular weight is 346 g/mol. The van der Waals surface area contributed by atoms with Crippen molar-refractivity contribution in [2.75, 3.05) is 19.3 Å². The zero-order valence-electron chi connectivity index (χ0n) is 10.2. The molecule has 0 atom stereocenters. The summed E-state index contributed by atoms with van der Waals surface area (Å²) < 4.78 is 0.949. The number of nitrogens with zero attached hydrogens (tertiary/aromatic N) is 1. The largest absolute Gasteiger partial charge is 0.339 e. The topological polar surface area (TPSA) is 20.3 Å². The SMILES string of the molecule is CSC1CCN(C(=O)c2ccc(Br)cc2S)CC1. The maximum absolute atomic E-state index is 12.4. The Bertz CT molecular complexity index is 445. The number of benzene rings is 1. The fraction of sp³-hybridized carbons (Fsp3) is 0.462. The van der Waals surface area contributed by atoms with Crippen molar-refractivity contribution in [1.29, 1.82) is 0 Å². The van der Waals surface area contributed by atoms with Gasteiger partial charge in [-0.15, -0.1) is 12.6 Å². The highest BCUT2D eigenvalue weighted by atomic mass is 79.9. The zero-order chi connectivity index (χ0) is 13.1. The lowest BCUT2D eigenvalue weighted by Crippen LogP contribution is -2.39. The molecule has 1 aliphatic rings. The summed E-state index contributed by atoms with van der Waals surface area (Å²) in [6.45, 7) is 1.71. The number of hydrogen-bond donors (Lipinski definition) is 1. The third-order valence-corrected chi connectivity index (χ3v) is 5.25. The highest BCUT2D eigenvalue weighted by Gasteiger charge is 2.24. The van der Waals surface area contributed by atoms with Crippen molar-refractivity contribution in [3.63, 3.8) is 0 Å². The van der Waals surface area contributed by atoms with E-state index in [1.807, 2.05) is 34.9 Å². The molecule has 98 valence electrons. The lowest BCUT2D eigenvalue weighted by molar-refractivity contribution is 0.0724. The van der Waals surface area contributed by atoms with Crippen LogP contribution in [0.2, 0.25) is 0 Å². The highest BCUT2D eigenvalue weighted by molar-refractivity contribution is 9.10. The molecule has 0 aromatic heterocycles. The molecule has 2 nitrogen and oxygen atoms in total. The first-order chi connectivity index (χ1) is 8.61. The van der Waals surface area contributed by atoms with Gasteiger partial charge in [0.1, 0.15) is 0 Å². The van der Waals surface area contributed by atoms with Crippen molar-refractivity contribution in [3.8, 4) is 0 Å². The van der Waals surface area contributed by atoms with Crippen molar-refractivity contribution < 1.29 is 4.79 Å². The number of hydrogen-bond acceptors (Lipinski definition) is 3. The quantitative estimate of drug-likeness (QED) is 0.824. The first kappa shape index (κ1) is 14.3. The summed E-state index contributed by atoms with van der Waals surface area (Å²) >= 11 is 9.66. The summed E-state index contributed by atoms with van der Waals surface area (Å²) in [6, 6.07) is 5.60. The van der Waals surface area contributed by atoms with E-state index < -0.39 is 0 Å². The molecule has 0 unspecified atom stereocenters. The van der Waals surface area contributed by atoms with Gasteiger partial charge in [0.2, 0.25) is 0 Å². The Hall–Kier alpha value is -0.130. The van der Waals surface area contributed by atoms with Crippen LogP contribution in [-0.4, -0.2) is 35.4 Å². The first-order valence-electron chi connectivity index (χ1n) is 5.92. The van der Waals surface area contributed by atoms with Crippen molar-refractivity contribution in [1.82, 2.24) is 4.90 Å². The minimum atomic E-state index is 0.104. The number of likely N-dealkylation sites (tertiary alicyclic amines) is 1. The van der Waals surface area contributed by atoms with Crippen LogP contribution in [-0.2, 0) is 0 Å². The van der Waals surface area contributed by atoms with Crippen molar-refractivity contribution in [3.05, 3.63) is 28.2 Å². The number of piperidine rings is 1. The zero-order valence-corrected chi connectivity index (χ0v) is 13.5. The summed E-state index contributed by atoms with van der Waals surface area (Å²) in [6.07, 6.45) is 4.32. The summed E-state index contributed by atoms with van der Waals surface area (Å²) in [4.78, 5) is 15.1. The Balaban J connectivity index is 2.08. The predicted octanol–water partition coefficient (Wildman–Crippen LogP) is 3.71. The van der Waals surface area contributed by atoms with E-state index in [-0.39, 0.29) is 5.91 Å². The summed E-state index contributed by atoms with van der Waals surface area (Å²) in [5.74, 6) is 0.104. The number of halogens is 1. The Morgan fingerprint density at radius 1 is 1.44 bits per heavy atom. The molecule has 0 bridgehead atoms. The van der Waals surface area contributed by atoms with Crippen molar-refractivity contribution >= 4 is 46.2 Å². The predicted molar refractivity (Wildman–Crippen MR) is 83.8 cm³/mol. The van der Waals surface area contributed by atoms with Crippen LogP contribution in [0.1, 0.15) is 23.2 Å². The second kappa shape index (κ2) is 6.35. The van der Waals surface area contributed by atoms with Crippen LogP contribution < -0.4 is 0 Å². The molecule has 1 aromatic rings. The molecular formula is C13H16BrNOS2. The van der Waals surface area contributed by atoms with E-state index in [0.717, 1.165) is 35.3 Å². The number of carbonyl (C=O) groups excluding carboxylic acids is 1. The molecule has 5 heteroatoms. The van der Waals surface area contributed by atoms with E-state index in [9.17, 15) is 4.79 Å². The van der Waals surface area contributed by atoms with Crippen LogP contribution in [0.3, 0.4) is 0 Å². The fourth-order valence-electron chi connectivity index (χ4n) is 2.15. The van der Waals surface area contributed by atoms with Gasteiger partial charge in [0.05, 0.1) is 5.56 Å². The van der Waals surface area contributed by atoms with E-state index in [1.54, 1.807) is 0 Å². The molecule has 2 rings (SSSR count). The molecule has 1 saturated heterocycles. The number of rotatable bonds is 2. The standard InChI is InChI=1S/C13H16BrNOS2/c1-18-10-4-6-15(7-5-10)13(16)11-3-2-9(14)8-12(11)17/h2-3,8,10,17H,4-7H2,1H3. The van der Waals surface area contributed by atoms with Gasteiger partial charge in [0.15, 0.2) is 0 Å². The molecule has 1 fully saturated rings. The summed E-state index contributed by atoms with van der Waals surface area (Å²) in [5.41, 5.74) is 0.698. The number of carbonyl (C=O) groups is 1. The van der Waals surface area contributed by atoms with Crippen LogP contribution in [0.15, 0.2) is 27.6 Å². The molecule has 0 spiro atoms. The van der Waals surface area contributed by atoms with Crippen LogP contribution in [0.5, 0.6) is 0 Å². The fourth-order valence-corrected chi connectivity index (χ4v) is 3.68. The maximum Gasteiger partial charge on any atom is 0.254 e. The normalized spacial score (nSPS) is 16.9. The number of amides is 1.